The van der Waals surface area contributed by atoms with Gasteiger partial charge in [-0.1, -0.05) is 13.8 Å². The van der Waals surface area contributed by atoms with E-state index in [1.165, 1.54) is 78.2 Å². The molecule has 25 heavy (non-hydrogen) atoms. The molecule has 2 saturated heterocycles. The Labute approximate surface area is 155 Å². The molecule has 0 bridgehead atoms. The zero-order valence-corrected chi connectivity index (χ0v) is 16.4. The number of likely N-dealkylation sites (N-methyl/N-ethyl adjacent to an activating group) is 1. The fraction of sp³-hybridized carbons (Fsp3) is 0.950. The van der Waals surface area contributed by atoms with E-state index in [0.717, 1.165) is 24.3 Å². The van der Waals surface area contributed by atoms with Gasteiger partial charge in [-0.3, -0.25) is 4.79 Å². The van der Waals surface area contributed by atoms with Gasteiger partial charge in [0.2, 0.25) is 5.91 Å². The topological polar surface area (TPSA) is 38.8 Å². The summed E-state index contributed by atoms with van der Waals surface area (Å²) in [5.74, 6) is 2.70. The average Bonchev–Trinajstić information content (AvgIpc) is 3.18. The molecule has 2 atom stereocenters. The monoisotopic (exact) mass is 352 g/mol. The minimum atomic E-state index is 0. The fourth-order valence-corrected chi connectivity index (χ4v) is 5.10. The van der Waals surface area contributed by atoms with Gasteiger partial charge in [0.05, 0.1) is 0 Å². The molecule has 0 aromatic carbocycles. The van der Waals surface area contributed by atoms with Crippen LogP contribution in [0.1, 0.15) is 41.0 Å². The molecule has 146 valence electrons. The van der Waals surface area contributed by atoms with Crippen molar-refractivity contribution in [3.05, 3.63) is 0 Å². The minimum Gasteiger partial charge on any atom is -0.356 e. The first-order chi connectivity index (χ1) is 12.2. The number of likely N-dealkylation sites (tertiary alicyclic amines) is 1. The quantitative estimate of drug-likeness (QED) is 0.722. The zero-order chi connectivity index (χ0) is 17.6. The van der Waals surface area contributed by atoms with E-state index in [-0.39, 0.29) is 7.33 Å². The van der Waals surface area contributed by atoms with Crippen molar-refractivity contribution in [1.82, 2.24) is 20.0 Å². The molecular formula is C20H40N4O. The number of fused-ring (bicyclic) bond motifs is 1. The third-order valence-electron chi connectivity index (χ3n) is 6.69. The predicted octanol–water partition coefficient (Wildman–Crippen LogP) is 1.74. The molecule has 2 heterocycles. The minimum absolute atomic E-state index is 0. The number of hydrogen-bond donors (Lipinski definition) is 1. The summed E-state index contributed by atoms with van der Waals surface area (Å²) in [6.45, 7) is 16.5. The Morgan fingerprint density at radius 1 is 0.960 bits per heavy atom. The van der Waals surface area contributed by atoms with E-state index in [1.54, 1.807) is 0 Å². The van der Waals surface area contributed by atoms with Crippen molar-refractivity contribution < 1.29 is 6.22 Å². The second-order valence-electron chi connectivity index (χ2n) is 8.40. The number of amides is 1. The van der Waals surface area contributed by atoms with Crippen molar-refractivity contribution in [1.29, 1.82) is 0 Å². The molecular weight excluding hydrogens is 312 g/mol. The molecule has 3 rings (SSSR count). The Bertz CT molecular complexity index is 414. The lowest BCUT2D eigenvalue weighted by atomic mass is 10.0. The maximum atomic E-state index is 11.4. The van der Waals surface area contributed by atoms with Crippen LogP contribution in [-0.4, -0.2) is 86.1 Å². The van der Waals surface area contributed by atoms with Crippen LogP contribution in [0.4, 0.5) is 0 Å². The maximum absolute atomic E-state index is 11.4. The second-order valence-corrected chi connectivity index (χ2v) is 8.40. The Kier molecular flexibility index (Phi) is 7.14. The first-order valence-corrected chi connectivity index (χ1v) is 10.6. The highest BCUT2D eigenvalue weighted by Gasteiger charge is 2.40. The summed E-state index contributed by atoms with van der Waals surface area (Å²) in [6.07, 6.45) is 4.58. The van der Waals surface area contributed by atoms with Crippen LogP contribution in [0.2, 0.25) is 0 Å². The molecule has 3 aliphatic rings. The van der Waals surface area contributed by atoms with Gasteiger partial charge in [-0.2, -0.15) is 0 Å². The largest absolute Gasteiger partial charge is 0.356 e. The third kappa shape index (κ3) is 5.41. The molecule has 1 saturated carbocycles. The standard InChI is InChI=1S/C20H38N4O.H2/c1-3-20(25)21-14-17-12-18-15-24(16-19(18)13-17)7-5-6-23-10-8-22(4-2)9-11-23;/h17-19H,3-16H2,1-2H3,(H,21,25);1H. The van der Waals surface area contributed by atoms with Gasteiger partial charge < -0.3 is 20.0 Å². The van der Waals surface area contributed by atoms with E-state index in [9.17, 15) is 4.79 Å². The molecule has 5 heteroatoms. The summed E-state index contributed by atoms with van der Waals surface area (Å²) in [5, 5.41) is 3.09. The molecule has 1 N–H and O–H groups in total. The lowest BCUT2D eigenvalue weighted by molar-refractivity contribution is -0.120. The van der Waals surface area contributed by atoms with Crippen LogP contribution in [0.25, 0.3) is 0 Å². The van der Waals surface area contributed by atoms with E-state index >= 15 is 0 Å². The van der Waals surface area contributed by atoms with Crippen molar-refractivity contribution in [2.75, 3.05) is 65.4 Å². The van der Waals surface area contributed by atoms with Crippen LogP contribution in [-0.2, 0) is 4.79 Å². The SMILES string of the molecule is CCC(=O)NCC1CC2CN(CCCN3CCN(CC)CC3)CC2C1.[HH]. The zero-order valence-electron chi connectivity index (χ0n) is 16.4. The molecule has 1 aliphatic carbocycles. The summed E-state index contributed by atoms with van der Waals surface area (Å²) < 4.78 is 0. The highest BCUT2D eigenvalue weighted by molar-refractivity contribution is 5.75. The summed E-state index contributed by atoms with van der Waals surface area (Å²) in [4.78, 5) is 19.3. The Balaban J connectivity index is 0.00000243. The summed E-state index contributed by atoms with van der Waals surface area (Å²) >= 11 is 0. The Hall–Kier alpha value is -0.650. The number of carbonyl (C=O) groups excluding carboxylic acids is 1. The van der Waals surface area contributed by atoms with Gasteiger partial charge in [0.25, 0.3) is 0 Å². The van der Waals surface area contributed by atoms with Crippen molar-refractivity contribution in [2.24, 2.45) is 17.8 Å². The summed E-state index contributed by atoms with van der Waals surface area (Å²) in [6, 6.07) is 0. The van der Waals surface area contributed by atoms with Crippen LogP contribution in [0.3, 0.4) is 0 Å². The van der Waals surface area contributed by atoms with Gasteiger partial charge in [0.1, 0.15) is 0 Å². The van der Waals surface area contributed by atoms with Gasteiger partial charge in [0, 0.05) is 53.7 Å². The predicted molar refractivity (Wildman–Crippen MR) is 105 cm³/mol. The van der Waals surface area contributed by atoms with Crippen molar-refractivity contribution in [2.45, 2.75) is 39.5 Å². The number of nitrogens with zero attached hydrogens (tertiary/aromatic N) is 3. The van der Waals surface area contributed by atoms with Gasteiger partial charge in [0.15, 0.2) is 0 Å². The van der Waals surface area contributed by atoms with E-state index in [1.807, 2.05) is 6.92 Å². The van der Waals surface area contributed by atoms with Crippen LogP contribution >= 0.6 is 0 Å². The number of rotatable bonds is 8. The lowest BCUT2D eigenvalue weighted by Gasteiger charge is -2.34. The lowest BCUT2D eigenvalue weighted by Crippen LogP contribution is -2.46. The molecule has 3 fully saturated rings. The average molecular weight is 353 g/mol. The van der Waals surface area contributed by atoms with Crippen molar-refractivity contribution in [3.8, 4) is 0 Å². The highest BCUT2D eigenvalue weighted by Crippen LogP contribution is 2.41. The fourth-order valence-electron chi connectivity index (χ4n) is 5.10. The molecule has 0 aromatic heterocycles. The van der Waals surface area contributed by atoms with Crippen LogP contribution in [0.15, 0.2) is 0 Å². The van der Waals surface area contributed by atoms with Gasteiger partial charge in [-0.15, -0.1) is 0 Å². The number of carbonyl (C=O) groups is 1. The van der Waals surface area contributed by atoms with Crippen molar-refractivity contribution >= 4 is 5.91 Å². The molecule has 2 unspecified atom stereocenters. The van der Waals surface area contributed by atoms with E-state index in [2.05, 4.69) is 26.9 Å². The Morgan fingerprint density at radius 3 is 2.16 bits per heavy atom. The second kappa shape index (κ2) is 9.33. The summed E-state index contributed by atoms with van der Waals surface area (Å²) in [7, 11) is 0. The summed E-state index contributed by atoms with van der Waals surface area (Å²) in [5.41, 5.74) is 0. The van der Waals surface area contributed by atoms with Gasteiger partial charge in [-0.25, -0.2) is 0 Å². The number of hydrogen-bond acceptors (Lipinski definition) is 4. The van der Waals surface area contributed by atoms with E-state index in [0.29, 0.717) is 6.42 Å². The Morgan fingerprint density at radius 2 is 1.56 bits per heavy atom. The molecule has 0 aromatic rings. The normalized spacial score (nSPS) is 31.4. The number of piperazine rings is 1. The number of nitrogens with one attached hydrogen (secondary N) is 1. The smallest absolute Gasteiger partial charge is 0.219 e. The van der Waals surface area contributed by atoms with Crippen LogP contribution in [0, 0.1) is 17.8 Å². The molecule has 1 amide bonds. The third-order valence-corrected chi connectivity index (χ3v) is 6.69. The highest BCUT2D eigenvalue weighted by atomic mass is 16.1. The van der Waals surface area contributed by atoms with E-state index < -0.39 is 0 Å². The van der Waals surface area contributed by atoms with Crippen LogP contribution < -0.4 is 5.32 Å². The maximum Gasteiger partial charge on any atom is 0.219 e. The van der Waals surface area contributed by atoms with Gasteiger partial charge in [-0.05, 0) is 56.7 Å². The van der Waals surface area contributed by atoms with E-state index in [4.69, 9.17) is 0 Å². The first kappa shape index (κ1) is 19.1. The van der Waals surface area contributed by atoms with Crippen molar-refractivity contribution in [3.63, 3.8) is 0 Å². The molecule has 0 radical (unpaired) electrons. The van der Waals surface area contributed by atoms with Gasteiger partial charge >= 0.3 is 0 Å². The molecule has 2 aliphatic heterocycles. The molecule has 5 nitrogen and oxygen atoms in total. The molecule has 0 spiro atoms. The van der Waals surface area contributed by atoms with Crippen LogP contribution in [0.5, 0.6) is 0 Å². The first-order valence-electron chi connectivity index (χ1n) is 10.6.